The molecule has 2 N–H and O–H groups in total. The molecule has 2 aliphatic heterocycles. The molecule has 7 nitrogen and oxygen atoms in total. The van der Waals surface area contributed by atoms with Crippen LogP contribution in [0.15, 0.2) is 35.7 Å². The molecular weight excluding hydrogens is 400 g/mol. The van der Waals surface area contributed by atoms with Crippen molar-refractivity contribution in [2.24, 2.45) is 0 Å². The lowest BCUT2D eigenvalue weighted by Crippen LogP contribution is -2.46. The van der Waals surface area contributed by atoms with Gasteiger partial charge in [-0.15, -0.1) is 11.3 Å². The molecule has 0 unspecified atom stereocenters. The van der Waals surface area contributed by atoms with Gasteiger partial charge in [-0.25, -0.2) is 0 Å². The molecule has 1 aromatic carbocycles. The van der Waals surface area contributed by atoms with Crippen molar-refractivity contribution in [3.63, 3.8) is 0 Å². The van der Waals surface area contributed by atoms with E-state index in [0.717, 1.165) is 30.9 Å². The first-order valence-corrected chi connectivity index (χ1v) is 11.2. The van der Waals surface area contributed by atoms with E-state index in [9.17, 15) is 9.59 Å². The quantitative estimate of drug-likeness (QED) is 0.683. The van der Waals surface area contributed by atoms with Crippen molar-refractivity contribution in [2.75, 3.05) is 51.3 Å². The molecular formula is C22H28N4O3S. The van der Waals surface area contributed by atoms with Crippen LogP contribution in [0.4, 0.5) is 5.69 Å². The van der Waals surface area contributed by atoms with E-state index in [0.29, 0.717) is 26.3 Å². The molecule has 1 aromatic heterocycles. The fourth-order valence-electron chi connectivity index (χ4n) is 4.07. The summed E-state index contributed by atoms with van der Waals surface area (Å²) in [5, 5.41) is 7.48. The molecule has 0 spiro atoms. The van der Waals surface area contributed by atoms with E-state index in [1.54, 1.807) is 11.3 Å². The van der Waals surface area contributed by atoms with E-state index in [1.165, 1.54) is 16.8 Å². The lowest BCUT2D eigenvalue weighted by atomic mass is 10.0. The summed E-state index contributed by atoms with van der Waals surface area (Å²) in [6, 6.07) is 10.4. The predicted molar refractivity (Wildman–Crippen MR) is 118 cm³/mol. The Morgan fingerprint density at radius 1 is 1.13 bits per heavy atom. The number of carbonyl (C=O) groups is 2. The van der Waals surface area contributed by atoms with Crippen LogP contribution in [-0.2, 0) is 27.3 Å². The third-order valence-corrected chi connectivity index (χ3v) is 6.64. The van der Waals surface area contributed by atoms with Gasteiger partial charge in [-0.1, -0.05) is 18.2 Å². The molecule has 1 atom stereocenters. The maximum atomic E-state index is 12.4. The number of rotatable bonds is 6. The number of likely N-dealkylation sites (N-methyl/N-ethyl adjacent to an activating group) is 1. The molecule has 0 bridgehead atoms. The van der Waals surface area contributed by atoms with Crippen molar-refractivity contribution in [3.05, 3.63) is 51.7 Å². The summed E-state index contributed by atoms with van der Waals surface area (Å²) in [6.45, 7) is 4.76. The lowest BCUT2D eigenvalue weighted by Gasteiger charge is -2.35. The molecule has 4 rings (SSSR count). The first kappa shape index (κ1) is 20.8. The molecule has 30 heavy (non-hydrogen) atoms. The standard InChI is InChI=1S/C22H28N4O3S/c1-25-7-6-17-13-16(4-5-19(17)25)20(26-8-10-29-11-9-26)15-24-22(28)21(27)23-14-18-3-2-12-30-18/h2-5,12-13,20H,6-11,14-15H2,1H3,(H,23,27)(H,24,28)/t20-/m0/s1. The van der Waals surface area contributed by atoms with Crippen LogP contribution >= 0.6 is 11.3 Å². The van der Waals surface area contributed by atoms with Gasteiger partial charge in [0.1, 0.15) is 0 Å². The maximum absolute atomic E-state index is 12.4. The number of carbonyl (C=O) groups excluding carboxylic acids is 2. The molecule has 8 heteroatoms. The topological polar surface area (TPSA) is 73.9 Å². The van der Waals surface area contributed by atoms with E-state index in [-0.39, 0.29) is 6.04 Å². The monoisotopic (exact) mass is 428 g/mol. The highest BCUT2D eigenvalue weighted by molar-refractivity contribution is 7.09. The van der Waals surface area contributed by atoms with Gasteiger partial charge in [-0.05, 0) is 35.1 Å². The normalized spacial score (nSPS) is 17.4. The van der Waals surface area contributed by atoms with Gasteiger partial charge < -0.3 is 20.3 Å². The predicted octanol–water partition coefficient (Wildman–Crippen LogP) is 1.55. The number of hydrogen-bond donors (Lipinski definition) is 2. The van der Waals surface area contributed by atoms with Crippen molar-refractivity contribution in [2.45, 2.75) is 19.0 Å². The number of thiophene rings is 1. The maximum Gasteiger partial charge on any atom is 0.309 e. The number of benzene rings is 1. The van der Waals surface area contributed by atoms with Crippen LogP contribution in [0.5, 0.6) is 0 Å². The van der Waals surface area contributed by atoms with E-state index in [2.05, 4.69) is 45.7 Å². The van der Waals surface area contributed by atoms with Crippen LogP contribution < -0.4 is 15.5 Å². The van der Waals surface area contributed by atoms with E-state index < -0.39 is 11.8 Å². The largest absolute Gasteiger partial charge is 0.379 e. The molecule has 1 fully saturated rings. The number of nitrogens with one attached hydrogen (secondary N) is 2. The summed E-state index contributed by atoms with van der Waals surface area (Å²) in [7, 11) is 2.11. The highest BCUT2D eigenvalue weighted by Gasteiger charge is 2.26. The van der Waals surface area contributed by atoms with Crippen LogP contribution in [0.3, 0.4) is 0 Å². The number of morpholine rings is 1. The zero-order valence-corrected chi connectivity index (χ0v) is 18.0. The minimum absolute atomic E-state index is 0.0131. The summed E-state index contributed by atoms with van der Waals surface area (Å²) in [5.41, 5.74) is 3.79. The number of hydrogen-bond acceptors (Lipinski definition) is 6. The number of ether oxygens (including phenoxy) is 1. The molecule has 1 saturated heterocycles. The van der Waals surface area contributed by atoms with Crippen molar-refractivity contribution >= 4 is 28.8 Å². The van der Waals surface area contributed by atoms with Crippen molar-refractivity contribution in [3.8, 4) is 0 Å². The van der Waals surface area contributed by atoms with Gasteiger partial charge in [0, 0.05) is 43.8 Å². The second-order valence-corrected chi connectivity index (χ2v) is 8.73. The fourth-order valence-corrected chi connectivity index (χ4v) is 4.72. The zero-order valence-electron chi connectivity index (χ0n) is 17.2. The Balaban J connectivity index is 1.41. The third-order valence-electron chi connectivity index (χ3n) is 5.77. The van der Waals surface area contributed by atoms with E-state index in [1.807, 2.05) is 17.5 Å². The average molecular weight is 429 g/mol. The first-order chi connectivity index (χ1) is 14.6. The lowest BCUT2D eigenvalue weighted by molar-refractivity contribution is -0.139. The van der Waals surface area contributed by atoms with Gasteiger partial charge in [0.25, 0.3) is 0 Å². The van der Waals surface area contributed by atoms with E-state index in [4.69, 9.17) is 4.74 Å². The van der Waals surface area contributed by atoms with Crippen molar-refractivity contribution in [1.82, 2.24) is 15.5 Å². The van der Waals surface area contributed by atoms with Crippen LogP contribution in [0.2, 0.25) is 0 Å². The number of amides is 2. The van der Waals surface area contributed by atoms with Crippen molar-refractivity contribution < 1.29 is 14.3 Å². The fraction of sp³-hybridized carbons (Fsp3) is 0.455. The van der Waals surface area contributed by atoms with Gasteiger partial charge in [-0.3, -0.25) is 14.5 Å². The number of fused-ring (bicyclic) bond motifs is 1. The molecule has 2 aliphatic rings. The second-order valence-electron chi connectivity index (χ2n) is 7.70. The highest BCUT2D eigenvalue weighted by Crippen LogP contribution is 2.31. The molecule has 3 heterocycles. The molecule has 0 radical (unpaired) electrons. The summed E-state index contributed by atoms with van der Waals surface area (Å²) >= 11 is 1.55. The molecule has 0 aliphatic carbocycles. The zero-order chi connectivity index (χ0) is 20.9. The number of anilines is 1. The van der Waals surface area contributed by atoms with Crippen LogP contribution in [0.1, 0.15) is 22.0 Å². The molecule has 0 saturated carbocycles. The SMILES string of the molecule is CN1CCc2cc([C@H](CNC(=O)C(=O)NCc3cccs3)N3CCOCC3)ccc21. The smallest absolute Gasteiger partial charge is 0.309 e. The van der Waals surface area contributed by atoms with E-state index >= 15 is 0 Å². The van der Waals surface area contributed by atoms with Crippen LogP contribution in [-0.4, -0.2) is 63.2 Å². The molecule has 2 aromatic rings. The van der Waals surface area contributed by atoms with Gasteiger partial charge in [-0.2, -0.15) is 0 Å². The van der Waals surface area contributed by atoms with Gasteiger partial charge >= 0.3 is 11.8 Å². The Morgan fingerprint density at radius 3 is 2.70 bits per heavy atom. The summed E-state index contributed by atoms with van der Waals surface area (Å²) in [6.07, 6.45) is 1.03. The summed E-state index contributed by atoms with van der Waals surface area (Å²) < 4.78 is 5.51. The Labute approximate surface area is 181 Å². The van der Waals surface area contributed by atoms with Gasteiger partial charge in [0.05, 0.1) is 25.8 Å². The minimum Gasteiger partial charge on any atom is -0.379 e. The van der Waals surface area contributed by atoms with Crippen LogP contribution in [0.25, 0.3) is 0 Å². The summed E-state index contributed by atoms with van der Waals surface area (Å²) in [5.74, 6) is -1.19. The Morgan fingerprint density at radius 2 is 1.93 bits per heavy atom. The minimum atomic E-state index is -0.597. The molecule has 160 valence electrons. The third kappa shape index (κ3) is 4.83. The van der Waals surface area contributed by atoms with Gasteiger partial charge in [0.2, 0.25) is 0 Å². The molecule has 2 amide bonds. The second kappa shape index (κ2) is 9.59. The Kier molecular flexibility index (Phi) is 6.66. The first-order valence-electron chi connectivity index (χ1n) is 10.4. The Bertz CT molecular complexity index is 881. The average Bonchev–Trinajstić information content (AvgIpc) is 3.42. The Hall–Kier alpha value is -2.42. The van der Waals surface area contributed by atoms with Crippen molar-refractivity contribution in [1.29, 1.82) is 0 Å². The number of nitrogens with zero attached hydrogens (tertiary/aromatic N) is 2. The summed E-state index contributed by atoms with van der Waals surface area (Å²) in [4.78, 5) is 30.2. The highest BCUT2D eigenvalue weighted by atomic mass is 32.1. The van der Waals surface area contributed by atoms with Crippen LogP contribution in [0, 0.1) is 0 Å². The van der Waals surface area contributed by atoms with Gasteiger partial charge in [0.15, 0.2) is 0 Å².